The third-order valence-corrected chi connectivity index (χ3v) is 3.70. The summed E-state index contributed by atoms with van der Waals surface area (Å²) in [6, 6.07) is 6.19. The van der Waals surface area contributed by atoms with Crippen LogP contribution in [0.15, 0.2) is 30.9 Å². The summed E-state index contributed by atoms with van der Waals surface area (Å²) < 4.78 is 1.67. The largest absolute Gasteiger partial charge is 0.326 e. The maximum atomic E-state index is 12.0. The van der Waals surface area contributed by atoms with E-state index in [0.29, 0.717) is 13.0 Å². The van der Waals surface area contributed by atoms with Gasteiger partial charge >= 0.3 is 0 Å². The third kappa shape index (κ3) is 2.87. The monoisotopic (exact) mass is 270 g/mol. The van der Waals surface area contributed by atoms with E-state index < -0.39 is 0 Å². The van der Waals surface area contributed by atoms with Gasteiger partial charge in [0, 0.05) is 12.1 Å². The Morgan fingerprint density at radius 1 is 1.30 bits per heavy atom. The molecular formula is C15H18N4O. The fourth-order valence-corrected chi connectivity index (χ4v) is 2.68. The maximum Gasteiger partial charge on any atom is 0.226 e. The van der Waals surface area contributed by atoms with Crippen molar-refractivity contribution < 1.29 is 4.79 Å². The van der Waals surface area contributed by atoms with Crippen molar-refractivity contribution in [2.75, 3.05) is 5.32 Å². The minimum atomic E-state index is 0.0273. The summed E-state index contributed by atoms with van der Waals surface area (Å²) >= 11 is 0. The number of aryl methyl sites for hydroxylation is 2. The van der Waals surface area contributed by atoms with Gasteiger partial charge in [0.05, 0.1) is 6.54 Å². The van der Waals surface area contributed by atoms with Gasteiger partial charge in [0.1, 0.15) is 12.7 Å². The van der Waals surface area contributed by atoms with Crippen molar-refractivity contribution in [1.29, 1.82) is 0 Å². The first-order valence-electron chi connectivity index (χ1n) is 7.06. The number of benzene rings is 1. The molecule has 1 N–H and O–H groups in total. The van der Waals surface area contributed by atoms with Crippen LogP contribution in [0.3, 0.4) is 0 Å². The first-order chi connectivity index (χ1) is 9.83. The quantitative estimate of drug-likeness (QED) is 0.926. The molecule has 1 aromatic heterocycles. The Morgan fingerprint density at radius 2 is 2.20 bits per heavy atom. The van der Waals surface area contributed by atoms with E-state index in [1.807, 2.05) is 12.1 Å². The Kier molecular flexibility index (Phi) is 3.76. The Balaban J connectivity index is 1.64. The van der Waals surface area contributed by atoms with Crippen LogP contribution in [0.4, 0.5) is 5.69 Å². The predicted molar refractivity (Wildman–Crippen MR) is 76.4 cm³/mol. The number of rotatable bonds is 4. The summed E-state index contributed by atoms with van der Waals surface area (Å²) in [5, 5.41) is 7.02. The first kappa shape index (κ1) is 12.8. The van der Waals surface area contributed by atoms with E-state index in [1.54, 1.807) is 11.0 Å². The van der Waals surface area contributed by atoms with Crippen LogP contribution in [-0.4, -0.2) is 20.7 Å². The first-order valence-corrected chi connectivity index (χ1v) is 7.06. The van der Waals surface area contributed by atoms with Crippen molar-refractivity contribution in [3.63, 3.8) is 0 Å². The van der Waals surface area contributed by atoms with Gasteiger partial charge in [0.25, 0.3) is 0 Å². The molecule has 1 amide bonds. The molecule has 1 heterocycles. The summed E-state index contributed by atoms with van der Waals surface area (Å²) in [5.74, 6) is 0.0273. The van der Waals surface area contributed by atoms with E-state index in [9.17, 15) is 4.79 Å². The zero-order valence-corrected chi connectivity index (χ0v) is 11.4. The molecule has 3 rings (SSSR count). The van der Waals surface area contributed by atoms with Crippen LogP contribution < -0.4 is 5.32 Å². The number of anilines is 1. The molecule has 0 bridgehead atoms. The van der Waals surface area contributed by atoms with Crippen LogP contribution in [0.1, 0.15) is 30.4 Å². The number of aromatic nitrogens is 3. The topological polar surface area (TPSA) is 59.8 Å². The Bertz CT molecular complexity index is 592. The van der Waals surface area contributed by atoms with Crippen molar-refractivity contribution in [2.45, 2.75) is 38.6 Å². The molecule has 1 aliphatic carbocycles. The van der Waals surface area contributed by atoms with Gasteiger partial charge in [-0.05, 0) is 42.9 Å². The fourth-order valence-electron chi connectivity index (χ4n) is 2.68. The van der Waals surface area contributed by atoms with E-state index in [1.165, 1.54) is 30.3 Å². The van der Waals surface area contributed by atoms with E-state index in [-0.39, 0.29) is 5.91 Å². The summed E-state index contributed by atoms with van der Waals surface area (Å²) in [7, 11) is 0. The fraction of sp³-hybridized carbons (Fsp3) is 0.400. The third-order valence-electron chi connectivity index (χ3n) is 3.70. The van der Waals surface area contributed by atoms with Crippen molar-refractivity contribution in [2.24, 2.45) is 0 Å². The average molecular weight is 270 g/mol. The molecule has 0 radical (unpaired) electrons. The second-order valence-electron chi connectivity index (χ2n) is 5.11. The molecule has 5 heteroatoms. The number of fused-ring (bicyclic) bond motifs is 1. The molecule has 1 aromatic carbocycles. The van der Waals surface area contributed by atoms with Gasteiger partial charge in [-0.1, -0.05) is 12.1 Å². The van der Waals surface area contributed by atoms with Crippen molar-refractivity contribution in [1.82, 2.24) is 14.8 Å². The summed E-state index contributed by atoms with van der Waals surface area (Å²) in [5.41, 5.74) is 3.67. The lowest BCUT2D eigenvalue weighted by atomic mass is 9.90. The van der Waals surface area contributed by atoms with Gasteiger partial charge in [0.15, 0.2) is 0 Å². The molecule has 0 fully saturated rings. The number of carbonyl (C=O) groups excluding carboxylic acids is 1. The van der Waals surface area contributed by atoms with Crippen molar-refractivity contribution in [3.8, 4) is 0 Å². The van der Waals surface area contributed by atoms with Gasteiger partial charge in [0.2, 0.25) is 5.91 Å². The molecule has 2 aromatic rings. The molecule has 0 saturated carbocycles. The number of carbonyl (C=O) groups is 1. The second kappa shape index (κ2) is 5.86. The standard InChI is InChI=1S/C15H18N4O/c20-15(8-9-19-11-16-10-17-19)18-14-7-3-5-12-4-1-2-6-13(12)14/h3,5,7,10-11H,1-2,4,6,8-9H2,(H,18,20). The van der Waals surface area contributed by atoms with E-state index >= 15 is 0 Å². The lowest BCUT2D eigenvalue weighted by molar-refractivity contribution is -0.116. The molecule has 0 atom stereocenters. The Morgan fingerprint density at radius 3 is 3.05 bits per heavy atom. The van der Waals surface area contributed by atoms with Crippen LogP contribution in [0.5, 0.6) is 0 Å². The smallest absolute Gasteiger partial charge is 0.226 e. The van der Waals surface area contributed by atoms with Crippen LogP contribution in [0.25, 0.3) is 0 Å². The minimum absolute atomic E-state index is 0.0273. The van der Waals surface area contributed by atoms with Crippen LogP contribution in [-0.2, 0) is 24.2 Å². The molecule has 0 unspecified atom stereocenters. The van der Waals surface area contributed by atoms with Crippen molar-refractivity contribution >= 4 is 11.6 Å². The van der Waals surface area contributed by atoms with E-state index in [4.69, 9.17) is 0 Å². The van der Waals surface area contributed by atoms with Gasteiger partial charge in [-0.25, -0.2) is 4.98 Å². The van der Waals surface area contributed by atoms with Gasteiger partial charge < -0.3 is 5.32 Å². The van der Waals surface area contributed by atoms with E-state index in [2.05, 4.69) is 21.5 Å². The second-order valence-corrected chi connectivity index (χ2v) is 5.11. The molecule has 0 saturated heterocycles. The van der Waals surface area contributed by atoms with Crippen LogP contribution >= 0.6 is 0 Å². The summed E-state index contributed by atoms with van der Waals surface area (Å²) in [6.45, 7) is 0.556. The van der Waals surface area contributed by atoms with Gasteiger partial charge in [-0.15, -0.1) is 0 Å². The van der Waals surface area contributed by atoms with Crippen LogP contribution in [0, 0.1) is 0 Å². The maximum absolute atomic E-state index is 12.0. The minimum Gasteiger partial charge on any atom is -0.326 e. The Hall–Kier alpha value is -2.17. The Labute approximate surface area is 118 Å². The van der Waals surface area contributed by atoms with Crippen molar-refractivity contribution in [3.05, 3.63) is 42.0 Å². The highest BCUT2D eigenvalue weighted by Crippen LogP contribution is 2.27. The molecule has 5 nitrogen and oxygen atoms in total. The number of nitrogens with zero attached hydrogens (tertiary/aromatic N) is 3. The normalized spacial score (nSPS) is 13.8. The summed E-state index contributed by atoms with van der Waals surface area (Å²) in [4.78, 5) is 15.9. The highest BCUT2D eigenvalue weighted by Gasteiger charge is 2.14. The highest BCUT2D eigenvalue weighted by molar-refractivity contribution is 5.91. The lowest BCUT2D eigenvalue weighted by Gasteiger charge is -2.19. The summed E-state index contributed by atoms with van der Waals surface area (Å²) in [6.07, 6.45) is 8.15. The number of amides is 1. The SMILES string of the molecule is O=C(CCn1cncn1)Nc1cccc2c1CCCC2. The van der Waals surface area contributed by atoms with Gasteiger partial charge in [-0.2, -0.15) is 5.10 Å². The zero-order chi connectivity index (χ0) is 13.8. The zero-order valence-electron chi connectivity index (χ0n) is 11.4. The molecule has 1 aliphatic rings. The lowest BCUT2D eigenvalue weighted by Crippen LogP contribution is -2.17. The van der Waals surface area contributed by atoms with Crippen LogP contribution in [0.2, 0.25) is 0 Å². The predicted octanol–water partition coefficient (Wildman–Crippen LogP) is 2.19. The molecular weight excluding hydrogens is 252 g/mol. The number of nitrogens with one attached hydrogen (secondary N) is 1. The highest BCUT2D eigenvalue weighted by atomic mass is 16.1. The number of hydrogen-bond acceptors (Lipinski definition) is 3. The molecule has 20 heavy (non-hydrogen) atoms. The average Bonchev–Trinajstić information content (AvgIpc) is 2.99. The number of hydrogen-bond donors (Lipinski definition) is 1. The van der Waals surface area contributed by atoms with Gasteiger partial charge in [-0.3, -0.25) is 9.48 Å². The van der Waals surface area contributed by atoms with E-state index in [0.717, 1.165) is 18.5 Å². The molecule has 0 aliphatic heterocycles. The molecule has 0 spiro atoms. The molecule has 104 valence electrons.